The fraction of sp³-hybridized carbons (Fsp3) is 0.591. The first-order chi connectivity index (χ1) is 13.7. The Kier molecular flexibility index (Phi) is 5.99. The molecule has 0 radical (unpaired) electrons. The average Bonchev–Trinajstić information content (AvgIpc) is 2.73. The molecule has 150 valence electrons. The summed E-state index contributed by atoms with van der Waals surface area (Å²) in [6.45, 7) is 8.40. The Morgan fingerprint density at radius 3 is 2.32 bits per heavy atom. The lowest BCUT2D eigenvalue weighted by molar-refractivity contribution is -0.0453. The van der Waals surface area contributed by atoms with Gasteiger partial charge < -0.3 is 5.11 Å². The largest absolute Gasteiger partial charge is 0.396 e. The highest BCUT2D eigenvalue weighted by Crippen LogP contribution is 2.45. The Morgan fingerprint density at radius 2 is 1.64 bits per heavy atom. The minimum Gasteiger partial charge on any atom is -0.396 e. The van der Waals surface area contributed by atoms with Crippen LogP contribution >= 0.6 is 0 Å². The Bertz CT molecular complexity index is 761. The smallest absolute Gasteiger partial charge is 0.0756 e. The Balaban J connectivity index is 1.35. The molecule has 0 saturated carbocycles. The van der Waals surface area contributed by atoms with Gasteiger partial charge in [-0.25, -0.2) is 0 Å². The average molecular weight is 382 g/mol. The molecule has 4 heterocycles. The number of nitrogens with zero attached hydrogens (tertiary/aromatic N) is 5. The molecule has 6 nitrogen and oxygen atoms in total. The van der Waals surface area contributed by atoms with Crippen molar-refractivity contribution >= 4 is 0 Å². The van der Waals surface area contributed by atoms with E-state index in [0.29, 0.717) is 5.92 Å². The molecule has 2 fully saturated rings. The number of aryl methyl sites for hydroxylation is 1. The van der Waals surface area contributed by atoms with Crippen LogP contribution in [0.5, 0.6) is 0 Å². The number of piperidine rings is 2. The number of rotatable bonds is 5. The van der Waals surface area contributed by atoms with E-state index in [-0.39, 0.29) is 12.0 Å². The lowest BCUT2D eigenvalue weighted by Gasteiger charge is -2.51. The third-order valence-electron chi connectivity index (χ3n) is 6.85. The molecule has 4 rings (SSSR count). The number of hydrogen-bond donors (Lipinski definition) is 1. The minimum absolute atomic E-state index is 0.278. The van der Waals surface area contributed by atoms with Crippen LogP contribution in [0.3, 0.4) is 0 Å². The second kappa shape index (κ2) is 8.64. The number of likely N-dealkylation sites (tertiary alicyclic amines) is 2. The maximum absolute atomic E-state index is 10.2. The molecule has 0 aromatic carbocycles. The molecule has 2 aliphatic heterocycles. The number of pyridine rings is 1. The first-order valence-corrected chi connectivity index (χ1v) is 10.4. The first kappa shape index (κ1) is 19.4. The molecular formula is C22H31N5O. The van der Waals surface area contributed by atoms with Gasteiger partial charge in [-0.1, -0.05) is 0 Å². The van der Waals surface area contributed by atoms with Gasteiger partial charge in [-0.15, -0.1) is 0 Å². The van der Waals surface area contributed by atoms with E-state index < -0.39 is 0 Å². The highest BCUT2D eigenvalue weighted by Gasteiger charge is 2.44. The van der Waals surface area contributed by atoms with Crippen LogP contribution in [0.4, 0.5) is 0 Å². The predicted molar refractivity (Wildman–Crippen MR) is 108 cm³/mol. The van der Waals surface area contributed by atoms with E-state index in [0.717, 1.165) is 50.7 Å². The molecule has 0 amide bonds. The van der Waals surface area contributed by atoms with Crippen molar-refractivity contribution < 1.29 is 5.11 Å². The number of aliphatic hydroxyl groups is 1. The Morgan fingerprint density at radius 1 is 0.964 bits per heavy atom. The summed E-state index contributed by atoms with van der Waals surface area (Å²) in [6, 6.07) is 4.21. The fourth-order valence-electron chi connectivity index (χ4n) is 4.94. The van der Waals surface area contributed by atoms with Gasteiger partial charge in [-0.3, -0.25) is 24.8 Å². The Hall–Kier alpha value is -1.89. The van der Waals surface area contributed by atoms with Crippen LogP contribution in [-0.4, -0.2) is 62.6 Å². The lowest BCUT2D eigenvalue weighted by atomic mass is 9.64. The van der Waals surface area contributed by atoms with Gasteiger partial charge in [0.2, 0.25) is 0 Å². The van der Waals surface area contributed by atoms with E-state index in [4.69, 9.17) is 0 Å². The van der Waals surface area contributed by atoms with Crippen molar-refractivity contribution in [1.29, 1.82) is 0 Å². The molecular weight excluding hydrogens is 350 g/mol. The summed E-state index contributed by atoms with van der Waals surface area (Å²) in [7, 11) is 0. The van der Waals surface area contributed by atoms with Crippen molar-refractivity contribution in [3.8, 4) is 0 Å². The van der Waals surface area contributed by atoms with Gasteiger partial charge in [0.05, 0.1) is 11.4 Å². The van der Waals surface area contributed by atoms with Crippen molar-refractivity contribution in [2.75, 3.05) is 32.8 Å². The van der Waals surface area contributed by atoms with E-state index in [1.807, 2.05) is 19.3 Å². The van der Waals surface area contributed by atoms with Gasteiger partial charge in [0.1, 0.15) is 0 Å². The van der Waals surface area contributed by atoms with Gasteiger partial charge in [-0.2, -0.15) is 0 Å². The number of aromatic nitrogens is 3. The zero-order valence-electron chi connectivity index (χ0n) is 16.8. The van der Waals surface area contributed by atoms with E-state index in [1.54, 1.807) is 12.4 Å². The molecule has 0 unspecified atom stereocenters. The van der Waals surface area contributed by atoms with E-state index in [1.165, 1.54) is 24.8 Å². The highest BCUT2D eigenvalue weighted by molar-refractivity contribution is 5.10. The number of hydrogen-bond acceptors (Lipinski definition) is 6. The summed E-state index contributed by atoms with van der Waals surface area (Å²) in [5, 5.41) is 10.2. The van der Waals surface area contributed by atoms with Gasteiger partial charge in [-0.05, 0) is 68.9 Å². The lowest BCUT2D eigenvalue weighted by Crippen LogP contribution is -2.53. The summed E-state index contributed by atoms with van der Waals surface area (Å²) in [5.41, 5.74) is 3.69. The predicted octanol–water partition coefficient (Wildman–Crippen LogP) is 2.28. The van der Waals surface area contributed by atoms with E-state index in [2.05, 4.69) is 36.9 Å². The summed E-state index contributed by atoms with van der Waals surface area (Å²) in [5.74, 6) is 0.348. The molecule has 6 heteroatoms. The maximum Gasteiger partial charge on any atom is 0.0756 e. The standard InChI is InChI=1S/C22H31N5O/c1-18-21(25-10-9-24-18)16-27-13-6-22(20(15-27)17-28)4-11-26(12-5-22)14-19-2-7-23-8-3-19/h2-3,7-10,20,28H,4-6,11-17H2,1H3/t20-/m0/s1. The topological polar surface area (TPSA) is 65.4 Å². The third kappa shape index (κ3) is 4.24. The SMILES string of the molecule is Cc1nccnc1CN1CCC2(CCN(Cc3ccncc3)CC2)[C@H](CO)C1. The van der Waals surface area contributed by atoms with Crippen LogP contribution in [0.15, 0.2) is 36.9 Å². The van der Waals surface area contributed by atoms with Gasteiger partial charge >= 0.3 is 0 Å². The monoisotopic (exact) mass is 381 g/mol. The molecule has 1 spiro atoms. The van der Waals surface area contributed by atoms with Crippen LogP contribution in [-0.2, 0) is 13.1 Å². The van der Waals surface area contributed by atoms with Gasteiger partial charge in [0.15, 0.2) is 0 Å². The summed E-state index contributed by atoms with van der Waals surface area (Å²) in [4.78, 5) is 18.0. The zero-order valence-corrected chi connectivity index (χ0v) is 16.8. The van der Waals surface area contributed by atoms with Crippen LogP contribution in [0.2, 0.25) is 0 Å². The van der Waals surface area contributed by atoms with Crippen LogP contribution in [0.25, 0.3) is 0 Å². The Labute approximate surface area is 167 Å². The fourth-order valence-corrected chi connectivity index (χ4v) is 4.94. The summed E-state index contributed by atoms with van der Waals surface area (Å²) in [6.07, 6.45) is 10.8. The molecule has 1 N–H and O–H groups in total. The van der Waals surface area contributed by atoms with Gasteiger partial charge in [0.25, 0.3) is 0 Å². The number of aliphatic hydroxyl groups excluding tert-OH is 1. The first-order valence-electron chi connectivity index (χ1n) is 10.4. The maximum atomic E-state index is 10.2. The molecule has 2 saturated heterocycles. The van der Waals surface area contributed by atoms with Crippen molar-refractivity contribution in [2.24, 2.45) is 11.3 Å². The summed E-state index contributed by atoms with van der Waals surface area (Å²) >= 11 is 0. The second-order valence-corrected chi connectivity index (χ2v) is 8.45. The molecule has 1 atom stereocenters. The molecule has 2 aliphatic rings. The van der Waals surface area contributed by atoms with E-state index >= 15 is 0 Å². The van der Waals surface area contributed by atoms with Crippen molar-refractivity contribution in [3.63, 3.8) is 0 Å². The summed E-state index contributed by atoms with van der Waals surface area (Å²) < 4.78 is 0. The third-order valence-corrected chi connectivity index (χ3v) is 6.85. The van der Waals surface area contributed by atoms with Crippen LogP contribution in [0, 0.1) is 18.3 Å². The molecule has 2 aromatic rings. The molecule has 2 aromatic heterocycles. The molecule has 0 bridgehead atoms. The van der Waals surface area contributed by atoms with Gasteiger partial charge in [0, 0.05) is 56.9 Å². The van der Waals surface area contributed by atoms with Crippen LogP contribution in [0.1, 0.15) is 36.2 Å². The highest BCUT2D eigenvalue weighted by atomic mass is 16.3. The zero-order chi connectivity index (χ0) is 19.4. The molecule has 0 aliphatic carbocycles. The van der Waals surface area contributed by atoms with Crippen LogP contribution < -0.4 is 0 Å². The normalized spacial score (nSPS) is 23.1. The van der Waals surface area contributed by atoms with Crippen molar-refractivity contribution in [2.45, 2.75) is 39.3 Å². The minimum atomic E-state index is 0.278. The van der Waals surface area contributed by atoms with E-state index in [9.17, 15) is 5.11 Å². The van der Waals surface area contributed by atoms with Crippen molar-refractivity contribution in [3.05, 3.63) is 53.9 Å². The second-order valence-electron chi connectivity index (χ2n) is 8.45. The quantitative estimate of drug-likeness (QED) is 0.857. The molecule has 28 heavy (non-hydrogen) atoms. The van der Waals surface area contributed by atoms with Crippen molar-refractivity contribution in [1.82, 2.24) is 24.8 Å².